The molecule has 1 heterocycles. The highest BCUT2D eigenvalue weighted by Gasteiger charge is 2.08. The monoisotopic (exact) mass is 269 g/mol. The molecule has 0 N–H and O–H groups in total. The molecule has 0 saturated carbocycles. The molecule has 4 aromatic rings. The molecule has 4 rings (SSSR count). The molecule has 0 bridgehead atoms. The van der Waals surface area contributed by atoms with Gasteiger partial charge in [-0.3, -0.25) is 0 Å². The third kappa shape index (κ3) is 1.87. The minimum atomic E-state index is 0.653. The second-order valence-corrected chi connectivity index (χ2v) is 5.00. The highest BCUT2D eigenvalue weighted by molar-refractivity contribution is 6.06. The lowest BCUT2D eigenvalue weighted by molar-refractivity contribution is 0.632. The number of rotatable bonds is 1. The van der Waals surface area contributed by atoms with Crippen molar-refractivity contribution in [3.8, 4) is 17.4 Å². The number of nitriles is 1. The molecule has 0 aliphatic rings. The summed E-state index contributed by atoms with van der Waals surface area (Å²) in [4.78, 5) is 0. The van der Waals surface area contributed by atoms with Crippen molar-refractivity contribution >= 4 is 21.7 Å². The summed E-state index contributed by atoms with van der Waals surface area (Å²) >= 11 is 0. The molecule has 1 aromatic heterocycles. The zero-order chi connectivity index (χ0) is 14.2. The minimum Gasteiger partial charge on any atom is -0.456 e. The van der Waals surface area contributed by atoms with E-state index in [1.807, 2.05) is 30.3 Å². The molecule has 0 amide bonds. The van der Waals surface area contributed by atoms with Gasteiger partial charge in [-0.25, -0.2) is 0 Å². The summed E-state index contributed by atoms with van der Waals surface area (Å²) in [6.45, 7) is 0. The fourth-order valence-corrected chi connectivity index (χ4v) is 2.64. The quantitative estimate of drug-likeness (QED) is 0.480. The molecule has 0 aliphatic carbocycles. The predicted octanol–water partition coefficient (Wildman–Crippen LogP) is 5.12. The zero-order valence-corrected chi connectivity index (χ0v) is 11.2. The van der Waals surface area contributed by atoms with Gasteiger partial charge in [-0.05, 0) is 47.2 Å². The summed E-state index contributed by atoms with van der Waals surface area (Å²) in [5.74, 6) is 0.825. The van der Waals surface area contributed by atoms with Crippen molar-refractivity contribution in [2.75, 3.05) is 0 Å². The summed E-state index contributed by atoms with van der Waals surface area (Å²) in [7, 11) is 0. The van der Waals surface area contributed by atoms with Crippen LogP contribution in [-0.2, 0) is 0 Å². The summed E-state index contributed by atoms with van der Waals surface area (Å²) < 4.78 is 5.95. The first-order chi connectivity index (χ1) is 10.3. The molecule has 21 heavy (non-hydrogen) atoms. The van der Waals surface area contributed by atoms with Crippen molar-refractivity contribution in [3.63, 3.8) is 0 Å². The number of fused-ring (bicyclic) bond motifs is 3. The molecule has 0 aliphatic heterocycles. The number of benzene rings is 3. The van der Waals surface area contributed by atoms with Crippen molar-refractivity contribution in [3.05, 3.63) is 72.3 Å². The SMILES string of the molecule is N#Cc1ccc(-c2cc3c(ccc4ccccc43)o2)cc1. The molecule has 2 heteroatoms. The van der Waals surface area contributed by atoms with Gasteiger partial charge in [0.2, 0.25) is 0 Å². The van der Waals surface area contributed by atoms with Crippen molar-refractivity contribution < 1.29 is 4.42 Å². The van der Waals surface area contributed by atoms with Gasteiger partial charge in [-0.2, -0.15) is 5.26 Å². The minimum absolute atomic E-state index is 0.653. The Balaban J connectivity index is 1.94. The topological polar surface area (TPSA) is 36.9 Å². The average Bonchev–Trinajstić information content (AvgIpc) is 2.99. The lowest BCUT2D eigenvalue weighted by atomic mass is 10.1. The molecule has 2 nitrogen and oxygen atoms in total. The van der Waals surface area contributed by atoms with Crippen LogP contribution >= 0.6 is 0 Å². The maximum Gasteiger partial charge on any atom is 0.135 e. The van der Waals surface area contributed by atoms with Crippen LogP contribution in [0.3, 0.4) is 0 Å². The first-order valence-corrected chi connectivity index (χ1v) is 6.77. The van der Waals surface area contributed by atoms with E-state index in [0.717, 1.165) is 22.3 Å². The van der Waals surface area contributed by atoms with Gasteiger partial charge < -0.3 is 4.42 Å². The Morgan fingerprint density at radius 2 is 1.62 bits per heavy atom. The smallest absolute Gasteiger partial charge is 0.135 e. The molecule has 0 fully saturated rings. The van der Waals surface area contributed by atoms with Crippen molar-refractivity contribution in [1.82, 2.24) is 0 Å². The summed E-state index contributed by atoms with van der Waals surface area (Å²) in [5.41, 5.74) is 2.52. The van der Waals surface area contributed by atoms with Crippen LogP contribution in [0.1, 0.15) is 5.56 Å². The van der Waals surface area contributed by atoms with Crippen LogP contribution in [0, 0.1) is 11.3 Å². The van der Waals surface area contributed by atoms with Gasteiger partial charge in [-0.1, -0.05) is 30.3 Å². The molecular weight excluding hydrogens is 258 g/mol. The van der Waals surface area contributed by atoms with E-state index in [2.05, 4.69) is 30.3 Å². The van der Waals surface area contributed by atoms with E-state index in [1.54, 1.807) is 12.1 Å². The van der Waals surface area contributed by atoms with Crippen LogP contribution in [0.5, 0.6) is 0 Å². The van der Waals surface area contributed by atoms with Gasteiger partial charge in [0.15, 0.2) is 0 Å². The number of nitrogens with zero attached hydrogens (tertiary/aromatic N) is 1. The van der Waals surface area contributed by atoms with Crippen LogP contribution in [0.15, 0.2) is 71.1 Å². The van der Waals surface area contributed by atoms with E-state index < -0.39 is 0 Å². The molecule has 0 saturated heterocycles. The fourth-order valence-electron chi connectivity index (χ4n) is 2.64. The molecule has 0 spiro atoms. The lowest BCUT2D eigenvalue weighted by Crippen LogP contribution is -1.75. The van der Waals surface area contributed by atoms with Crippen molar-refractivity contribution in [1.29, 1.82) is 5.26 Å². The zero-order valence-electron chi connectivity index (χ0n) is 11.2. The number of hydrogen-bond donors (Lipinski definition) is 0. The molecule has 0 atom stereocenters. The van der Waals surface area contributed by atoms with E-state index in [9.17, 15) is 0 Å². The third-order valence-electron chi connectivity index (χ3n) is 3.72. The third-order valence-corrected chi connectivity index (χ3v) is 3.72. The molecule has 3 aromatic carbocycles. The molecular formula is C19H11NO. The number of furan rings is 1. The molecule has 0 radical (unpaired) electrons. The molecule has 0 unspecified atom stereocenters. The van der Waals surface area contributed by atoms with Crippen molar-refractivity contribution in [2.45, 2.75) is 0 Å². The Kier molecular flexibility index (Phi) is 2.52. The standard InChI is InChI=1S/C19H11NO/c20-12-13-5-7-15(8-6-13)19-11-17-16-4-2-1-3-14(16)9-10-18(17)21-19/h1-11H. The maximum atomic E-state index is 8.86. The summed E-state index contributed by atoms with van der Waals surface area (Å²) in [5, 5.41) is 12.4. The van der Waals surface area contributed by atoms with Crippen LogP contribution in [0.25, 0.3) is 33.1 Å². The van der Waals surface area contributed by atoms with Crippen LogP contribution in [0.4, 0.5) is 0 Å². The Morgan fingerprint density at radius 3 is 2.43 bits per heavy atom. The summed E-state index contributed by atoms with van der Waals surface area (Å²) in [6, 6.07) is 24.0. The van der Waals surface area contributed by atoms with E-state index >= 15 is 0 Å². The van der Waals surface area contributed by atoms with Crippen LogP contribution in [0.2, 0.25) is 0 Å². The van der Waals surface area contributed by atoms with Crippen molar-refractivity contribution in [2.24, 2.45) is 0 Å². The largest absolute Gasteiger partial charge is 0.456 e. The highest BCUT2D eigenvalue weighted by atomic mass is 16.3. The lowest BCUT2D eigenvalue weighted by Gasteiger charge is -1.96. The van der Waals surface area contributed by atoms with Gasteiger partial charge >= 0.3 is 0 Å². The normalized spacial score (nSPS) is 10.8. The van der Waals surface area contributed by atoms with E-state index in [-0.39, 0.29) is 0 Å². The average molecular weight is 269 g/mol. The van der Waals surface area contributed by atoms with E-state index in [1.165, 1.54) is 10.8 Å². The van der Waals surface area contributed by atoms with Gasteiger partial charge in [0.1, 0.15) is 11.3 Å². The van der Waals surface area contributed by atoms with E-state index in [4.69, 9.17) is 9.68 Å². The fraction of sp³-hybridized carbons (Fsp3) is 0. The predicted molar refractivity (Wildman–Crippen MR) is 83.9 cm³/mol. The number of hydrogen-bond acceptors (Lipinski definition) is 2. The first kappa shape index (κ1) is 11.7. The Labute approximate surface area is 121 Å². The Bertz CT molecular complexity index is 988. The Morgan fingerprint density at radius 1 is 0.810 bits per heavy atom. The van der Waals surface area contributed by atoms with Crippen LogP contribution in [-0.4, -0.2) is 0 Å². The van der Waals surface area contributed by atoms with Gasteiger partial charge in [-0.15, -0.1) is 0 Å². The first-order valence-electron chi connectivity index (χ1n) is 6.77. The van der Waals surface area contributed by atoms with Gasteiger partial charge in [0, 0.05) is 10.9 Å². The Hall–Kier alpha value is -3.05. The van der Waals surface area contributed by atoms with E-state index in [0.29, 0.717) is 5.56 Å². The molecule has 98 valence electrons. The summed E-state index contributed by atoms with van der Waals surface area (Å²) in [6.07, 6.45) is 0. The van der Waals surface area contributed by atoms with Crippen LogP contribution < -0.4 is 0 Å². The second-order valence-electron chi connectivity index (χ2n) is 5.00. The van der Waals surface area contributed by atoms with Gasteiger partial charge in [0.05, 0.1) is 11.6 Å². The highest BCUT2D eigenvalue weighted by Crippen LogP contribution is 2.32. The maximum absolute atomic E-state index is 8.86. The van der Waals surface area contributed by atoms with Gasteiger partial charge in [0.25, 0.3) is 0 Å². The second kappa shape index (κ2) is 4.50.